The van der Waals surface area contributed by atoms with E-state index in [1.165, 1.54) is 19.3 Å². The third-order valence-corrected chi connectivity index (χ3v) is 4.00. The summed E-state index contributed by atoms with van der Waals surface area (Å²) in [5.74, 6) is -0.219. The molecule has 5 nitrogen and oxygen atoms in total. The minimum Gasteiger partial charge on any atom is -0.435 e. The van der Waals surface area contributed by atoms with Crippen LogP contribution in [0.25, 0.3) is 0 Å². The van der Waals surface area contributed by atoms with Gasteiger partial charge in [0.25, 0.3) is 5.91 Å². The number of rotatable bonds is 6. The van der Waals surface area contributed by atoms with Gasteiger partial charge in [-0.05, 0) is 48.7 Å². The number of alkyl halides is 2. The number of pyridine rings is 1. The van der Waals surface area contributed by atoms with Crippen LogP contribution in [-0.2, 0) is 11.2 Å². The molecule has 1 heterocycles. The number of carbonyl (C=O) groups is 1. The van der Waals surface area contributed by atoms with Gasteiger partial charge in [-0.2, -0.15) is 8.78 Å². The molecular formula is C19H21Cl2F2N3O2. The van der Waals surface area contributed by atoms with Crippen molar-refractivity contribution in [3.05, 3.63) is 57.3 Å². The van der Waals surface area contributed by atoms with Crippen molar-refractivity contribution >= 4 is 34.8 Å². The normalized spacial score (nSPS) is 10.1. The molecule has 152 valence electrons. The van der Waals surface area contributed by atoms with Gasteiger partial charge in [-0.1, -0.05) is 36.5 Å². The largest absolute Gasteiger partial charge is 0.435 e. The van der Waals surface area contributed by atoms with E-state index in [1.807, 2.05) is 6.92 Å². The minimum atomic E-state index is -2.79. The van der Waals surface area contributed by atoms with Crippen LogP contribution in [0, 0.1) is 12.3 Å². The van der Waals surface area contributed by atoms with E-state index in [2.05, 4.69) is 15.0 Å². The van der Waals surface area contributed by atoms with E-state index >= 15 is 0 Å². The number of aromatic nitrogens is 1. The number of nitrogens with zero attached hydrogens (tertiary/aromatic N) is 1. The molecule has 1 aromatic heterocycles. The fourth-order valence-corrected chi connectivity index (χ4v) is 2.66. The predicted molar refractivity (Wildman–Crippen MR) is 107 cm³/mol. The number of carbonyl (C=O) groups excluding carboxylic acids is 1. The Labute approximate surface area is 172 Å². The first kappa shape index (κ1) is 23.8. The van der Waals surface area contributed by atoms with E-state index in [1.54, 1.807) is 25.1 Å². The first-order valence-electron chi connectivity index (χ1n) is 8.35. The lowest BCUT2D eigenvalue weighted by molar-refractivity contribution is -0.114. The SMILES string of the molecule is CCCc1cc(Cl)ccc1OC(F)F.CNC(=O)C(=N)c1cnc(Cl)cc1C. The van der Waals surface area contributed by atoms with Crippen LogP contribution in [0.3, 0.4) is 0 Å². The van der Waals surface area contributed by atoms with E-state index in [9.17, 15) is 13.6 Å². The highest BCUT2D eigenvalue weighted by atomic mass is 35.5. The van der Waals surface area contributed by atoms with Gasteiger partial charge in [0.05, 0.1) is 0 Å². The summed E-state index contributed by atoms with van der Waals surface area (Å²) in [6.45, 7) is 0.958. The summed E-state index contributed by atoms with van der Waals surface area (Å²) in [4.78, 5) is 15.0. The zero-order valence-corrected chi connectivity index (χ0v) is 17.2. The number of benzene rings is 1. The van der Waals surface area contributed by atoms with E-state index in [0.29, 0.717) is 22.2 Å². The van der Waals surface area contributed by atoms with Crippen LogP contribution in [-0.4, -0.2) is 30.3 Å². The van der Waals surface area contributed by atoms with E-state index in [-0.39, 0.29) is 11.5 Å². The Balaban J connectivity index is 0.000000280. The number of halogens is 4. The van der Waals surface area contributed by atoms with Gasteiger partial charge in [0.15, 0.2) is 0 Å². The molecule has 1 aromatic carbocycles. The molecule has 0 aliphatic carbocycles. The van der Waals surface area contributed by atoms with E-state index < -0.39 is 12.5 Å². The number of nitrogens with one attached hydrogen (secondary N) is 2. The molecule has 0 atom stereocenters. The third kappa shape index (κ3) is 7.40. The molecule has 1 amide bonds. The number of ether oxygens (including phenoxy) is 1. The minimum absolute atomic E-state index is 0.103. The highest BCUT2D eigenvalue weighted by Gasteiger charge is 2.13. The maximum atomic E-state index is 12.0. The van der Waals surface area contributed by atoms with Crippen LogP contribution in [0.4, 0.5) is 8.78 Å². The standard InChI is InChI=1S/C10H11ClF2O.C9H10ClN3O/c1-2-3-7-6-8(11)4-5-9(7)14-10(12)13;1-5-3-7(10)13-4-6(5)8(11)9(14)12-2/h4-6,10H,2-3H2,1H3;3-4,11H,1-2H3,(H,12,14). The van der Waals surface area contributed by atoms with Crippen molar-refractivity contribution in [3.63, 3.8) is 0 Å². The highest BCUT2D eigenvalue weighted by Crippen LogP contribution is 2.25. The van der Waals surface area contributed by atoms with Gasteiger partial charge < -0.3 is 10.1 Å². The van der Waals surface area contributed by atoms with Gasteiger partial charge in [0.1, 0.15) is 16.6 Å². The Morgan fingerprint density at radius 3 is 2.54 bits per heavy atom. The molecule has 0 spiro atoms. The molecule has 28 heavy (non-hydrogen) atoms. The zero-order chi connectivity index (χ0) is 21.3. The van der Waals surface area contributed by atoms with Gasteiger partial charge in [0, 0.05) is 23.8 Å². The highest BCUT2D eigenvalue weighted by molar-refractivity contribution is 6.44. The van der Waals surface area contributed by atoms with Crippen molar-refractivity contribution in [2.75, 3.05) is 7.05 Å². The molecule has 0 aliphatic rings. The average molecular weight is 432 g/mol. The van der Waals surface area contributed by atoms with Crippen LogP contribution in [0.1, 0.15) is 30.0 Å². The van der Waals surface area contributed by atoms with Crippen molar-refractivity contribution in [1.82, 2.24) is 10.3 Å². The maximum absolute atomic E-state index is 12.0. The lowest BCUT2D eigenvalue weighted by Gasteiger charge is -2.09. The molecule has 2 aromatic rings. The molecule has 9 heteroatoms. The van der Waals surface area contributed by atoms with Crippen molar-refractivity contribution in [2.24, 2.45) is 0 Å². The quantitative estimate of drug-likeness (QED) is 0.496. The smallest absolute Gasteiger partial charge is 0.387 e. The van der Waals surface area contributed by atoms with Crippen LogP contribution >= 0.6 is 23.2 Å². The van der Waals surface area contributed by atoms with Crippen LogP contribution in [0.5, 0.6) is 5.75 Å². The Bertz CT molecular complexity index is 833. The zero-order valence-electron chi connectivity index (χ0n) is 15.7. The van der Waals surface area contributed by atoms with Crippen molar-refractivity contribution in [3.8, 4) is 5.75 Å². The molecule has 0 unspecified atom stereocenters. The average Bonchev–Trinajstić information content (AvgIpc) is 2.63. The molecule has 0 fully saturated rings. The van der Waals surface area contributed by atoms with Gasteiger partial charge in [-0.3, -0.25) is 10.2 Å². The van der Waals surface area contributed by atoms with Crippen molar-refractivity contribution in [1.29, 1.82) is 5.41 Å². The van der Waals surface area contributed by atoms with Crippen molar-refractivity contribution < 1.29 is 18.3 Å². The number of amides is 1. The van der Waals surface area contributed by atoms with Gasteiger partial charge in [-0.25, -0.2) is 4.98 Å². The Hall–Kier alpha value is -2.25. The van der Waals surface area contributed by atoms with Crippen LogP contribution in [0.15, 0.2) is 30.5 Å². The molecule has 2 N–H and O–H groups in total. The predicted octanol–water partition coefficient (Wildman–Crippen LogP) is 5.05. The van der Waals surface area contributed by atoms with Crippen LogP contribution in [0.2, 0.25) is 10.2 Å². The molecule has 0 aliphatic heterocycles. The lowest BCUT2D eigenvalue weighted by Crippen LogP contribution is -2.28. The first-order valence-corrected chi connectivity index (χ1v) is 9.11. The summed E-state index contributed by atoms with van der Waals surface area (Å²) in [6.07, 6.45) is 2.97. The monoisotopic (exact) mass is 431 g/mol. The molecule has 0 saturated carbocycles. The van der Waals surface area contributed by atoms with E-state index in [4.69, 9.17) is 28.6 Å². The lowest BCUT2D eigenvalue weighted by atomic mass is 10.1. The Morgan fingerprint density at radius 1 is 1.32 bits per heavy atom. The second-order valence-corrected chi connectivity index (χ2v) is 6.48. The van der Waals surface area contributed by atoms with Crippen LogP contribution < -0.4 is 10.1 Å². The summed E-state index contributed by atoms with van der Waals surface area (Å²) in [7, 11) is 1.48. The fourth-order valence-electron chi connectivity index (χ4n) is 2.25. The first-order chi connectivity index (χ1) is 13.2. The molecule has 2 rings (SSSR count). The third-order valence-electron chi connectivity index (χ3n) is 3.56. The number of likely N-dealkylation sites (N-methyl/N-ethyl adjacent to an activating group) is 1. The summed E-state index contributed by atoms with van der Waals surface area (Å²) < 4.78 is 28.3. The number of hydrogen-bond donors (Lipinski definition) is 2. The maximum Gasteiger partial charge on any atom is 0.387 e. The molecule has 0 saturated heterocycles. The fraction of sp³-hybridized carbons (Fsp3) is 0.316. The topological polar surface area (TPSA) is 75.1 Å². The number of hydrogen-bond acceptors (Lipinski definition) is 4. The van der Waals surface area contributed by atoms with Gasteiger partial charge in [0.2, 0.25) is 0 Å². The Morgan fingerprint density at radius 2 is 2.00 bits per heavy atom. The molecule has 0 bridgehead atoms. The summed E-state index contributed by atoms with van der Waals surface area (Å²) in [5, 5.41) is 10.8. The second-order valence-electron chi connectivity index (χ2n) is 5.66. The van der Waals surface area contributed by atoms with E-state index in [0.717, 1.165) is 17.5 Å². The Kier molecular flexibility index (Phi) is 9.82. The van der Waals surface area contributed by atoms with Crippen molar-refractivity contribution in [2.45, 2.75) is 33.3 Å². The summed E-state index contributed by atoms with van der Waals surface area (Å²) >= 11 is 11.4. The molecule has 0 radical (unpaired) electrons. The summed E-state index contributed by atoms with van der Waals surface area (Å²) in [5.41, 5.74) is 1.88. The van der Waals surface area contributed by atoms with Gasteiger partial charge in [-0.15, -0.1) is 0 Å². The molecular weight excluding hydrogens is 411 g/mol. The second kappa shape index (κ2) is 11.6. The number of aryl methyl sites for hydroxylation is 2. The summed E-state index contributed by atoms with van der Waals surface area (Å²) in [6, 6.07) is 6.29. The van der Waals surface area contributed by atoms with Gasteiger partial charge >= 0.3 is 6.61 Å².